The Morgan fingerprint density at radius 1 is 1.48 bits per heavy atom. The van der Waals surface area contributed by atoms with E-state index in [-0.39, 0.29) is 5.91 Å². The summed E-state index contributed by atoms with van der Waals surface area (Å²) >= 11 is 0. The summed E-state index contributed by atoms with van der Waals surface area (Å²) in [5.41, 5.74) is 1.05. The lowest BCUT2D eigenvalue weighted by Gasteiger charge is -2.46. The molecule has 0 bridgehead atoms. The van der Waals surface area contributed by atoms with Crippen molar-refractivity contribution < 1.29 is 14.6 Å². The smallest absolute Gasteiger partial charge is 0.257 e. The third-order valence-electron chi connectivity index (χ3n) is 5.15. The Morgan fingerprint density at radius 2 is 2.22 bits per heavy atom. The van der Waals surface area contributed by atoms with Gasteiger partial charge in [-0.2, -0.15) is 5.10 Å². The van der Waals surface area contributed by atoms with E-state index in [4.69, 9.17) is 4.74 Å². The van der Waals surface area contributed by atoms with Crippen molar-refractivity contribution in [1.82, 2.24) is 14.7 Å². The predicted molar refractivity (Wildman–Crippen MR) is 86.3 cm³/mol. The Balaban J connectivity index is 1.66. The van der Waals surface area contributed by atoms with Crippen LogP contribution in [0.4, 0.5) is 0 Å². The number of nitrogens with zero attached hydrogens (tertiary/aromatic N) is 3. The maximum absolute atomic E-state index is 12.8. The minimum Gasteiger partial charge on any atom is -0.390 e. The van der Waals surface area contributed by atoms with Gasteiger partial charge < -0.3 is 14.7 Å². The van der Waals surface area contributed by atoms with Gasteiger partial charge in [-0.15, -0.1) is 0 Å². The molecule has 2 saturated heterocycles. The molecule has 1 spiro atoms. The topological polar surface area (TPSA) is 67.6 Å². The molecular formula is C17H27N3O3. The van der Waals surface area contributed by atoms with Crippen LogP contribution in [0.15, 0.2) is 6.20 Å². The number of likely N-dealkylation sites (tertiary alicyclic amines) is 1. The third kappa shape index (κ3) is 3.15. The number of aliphatic hydroxyl groups is 1. The van der Waals surface area contributed by atoms with Crippen molar-refractivity contribution in [3.05, 3.63) is 17.5 Å². The summed E-state index contributed by atoms with van der Waals surface area (Å²) < 4.78 is 7.76. The second-order valence-electron chi connectivity index (χ2n) is 6.75. The molecule has 3 heterocycles. The number of aryl methyl sites for hydroxylation is 2. The monoisotopic (exact) mass is 321 g/mol. The summed E-state index contributed by atoms with van der Waals surface area (Å²) in [6.07, 6.45) is 5.60. The maximum atomic E-state index is 12.8. The summed E-state index contributed by atoms with van der Waals surface area (Å²) in [5, 5.41) is 14.7. The molecule has 1 atom stereocenters. The van der Waals surface area contributed by atoms with Crippen molar-refractivity contribution in [2.75, 3.05) is 19.7 Å². The van der Waals surface area contributed by atoms with E-state index in [2.05, 4.69) is 12.0 Å². The van der Waals surface area contributed by atoms with Crippen molar-refractivity contribution in [2.45, 2.75) is 64.2 Å². The van der Waals surface area contributed by atoms with Gasteiger partial charge in [0.15, 0.2) is 0 Å². The normalized spacial score (nSPS) is 24.1. The number of aliphatic hydroxyl groups excluding tert-OH is 1. The number of amides is 1. The van der Waals surface area contributed by atoms with Crippen molar-refractivity contribution in [1.29, 1.82) is 0 Å². The van der Waals surface area contributed by atoms with Gasteiger partial charge in [0, 0.05) is 32.4 Å². The number of hydrogen-bond donors (Lipinski definition) is 1. The Hall–Kier alpha value is -1.40. The van der Waals surface area contributed by atoms with Crippen LogP contribution in [-0.2, 0) is 11.3 Å². The van der Waals surface area contributed by atoms with E-state index in [1.165, 1.54) is 0 Å². The minimum atomic E-state index is -0.434. The molecule has 1 N–H and O–H groups in total. The van der Waals surface area contributed by atoms with Gasteiger partial charge >= 0.3 is 0 Å². The van der Waals surface area contributed by atoms with E-state index >= 15 is 0 Å². The highest BCUT2D eigenvalue weighted by atomic mass is 16.5. The average molecular weight is 321 g/mol. The largest absolute Gasteiger partial charge is 0.390 e. The zero-order valence-electron chi connectivity index (χ0n) is 14.1. The number of hydrogen-bond acceptors (Lipinski definition) is 4. The number of aromatic nitrogens is 2. The fourth-order valence-electron chi connectivity index (χ4n) is 3.72. The molecule has 1 unspecified atom stereocenters. The van der Waals surface area contributed by atoms with Gasteiger partial charge in [-0.1, -0.05) is 6.92 Å². The van der Waals surface area contributed by atoms with E-state index < -0.39 is 11.7 Å². The van der Waals surface area contributed by atoms with Crippen molar-refractivity contribution >= 4 is 5.91 Å². The Labute approximate surface area is 137 Å². The number of carbonyl (C=O) groups is 1. The van der Waals surface area contributed by atoms with E-state index in [0.29, 0.717) is 38.1 Å². The number of piperidine rings is 1. The zero-order valence-corrected chi connectivity index (χ0v) is 14.1. The molecule has 6 nitrogen and oxygen atoms in total. The van der Waals surface area contributed by atoms with Crippen LogP contribution in [0.25, 0.3) is 0 Å². The summed E-state index contributed by atoms with van der Waals surface area (Å²) in [6, 6.07) is 0. The van der Waals surface area contributed by atoms with Crippen LogP contribution in [0.5, 0.6) is 0 Å². The van der Waals surface area contributed by atoms with Gasteiger partial charge in [0.05, 0.1) is 23.0 Å². The lowest BCUT2D eigenvalue weighted by Crippen LogP contribution is -2.56. The van der Waals surface area contributed by atoms with Gasteiger partial charge in [-0.3, -0.25) is 9.48 Å². The molecule has 2 aliphatic heterocycles. The lowest BCUT2D eigenvalue weighted by molar-refractivity contribution is -0.174. The molecule has 1 aromatic rings. The first-order valence-corrected chi connectivity index (χ1v) is 8.71. The molecule has 0 aliphatic carbocycles. The van der Waals surface area contributed by atoms with Crippen LogP contribution < -0.4 is 0 Å². The molecule has 2 aliphatic rings. The molecular weight excluding hydrogens is 294 g/mol. The number of ether oxygens (including phenoxy) is 1. The highest BCUT2D eigenvalue weighted by Gasteiger charge is 2.44. The van der Waals surface area contributed by atoms with Gasteiger partial charge in [-0.25, -0.2) is 0 Å². The summed E-state index contributed by atoms with van der Waals surface area (Å²) in [5.74, 6) is 0.0463. The van der Waals surface area contributed by atoms with Gasteiger partial charge in [0.1, 0.15) is 0 Å². The maximum Gasteiger partial charge on any atom is 0.257 e. The van der Waals surface area contributed by atoms with Gasteiger partial charge in [-0.05, 0) is 39.0 Å². The predicted octanol–water partition coefficient (Wildman–Crippen LogP) is 1.75. The second kappa shape index (κ2) is 6.61. The fraction of sp³-hybridized carbons (Fsp3) is 0.765. The van der Waals surface area contributed by atoms with E-state index in [1.54, 1.807) is 0 Å². The van der Waals surface area contributed by atoms with Crippen LogP contribution in [0, 0.1) is 6.92 Å². The highest BCUT2D eigenvalue weighted by Crippen LogP contribution is 2.35. The molecule has 2 fully saturated rings. The summed E-state index contributed by atoms with van der Waals surface area (Å²) in [7, 11) is 0. The van der Waals surface area contributed by atoms with Gasteiger partial charge in [0.25, 0.3) is 5.91 Å². The molecule has 128 valence electrons. The molecule has 23 heavy (non-hydrogen) atoms. The van der Waals surface area contributed by atoms with Gasteiger partial charge in [0.2, 0.25) is 0 Å². The Bertz CT molecular complexity index is 561. The van der Waals surface area contributed by atoms with Crippen LogP contribution >= 0.6 is 0 Å². The SMILES string of the molecule is CCCn1cc(C(=O)N2CCC3(CC2)OCCCC3O)c(C)n1. The highest BCUT2D eigenvalue weighted by molar-refractivity contribution is 5.95. The third-order valence-corrected chi connectivity index (χ3v) is 5.15. The number of carbonyl (C=O) groups excluding carboxylic acids is 1. The molecule has 6 heteroatoms. The first-order chi connectivity index (χ1) is 11.1. The summed E-state index contributed by atoms with van der Waals surface area (Å²) in [6.45, 7) is 6.80. The Kier molecular flexibility index (Phi) is 4.73. The molecule has 1 aromatic heterocycles. The van der Waals surface area contributed by atoms with E-state index in [9.17, 15) is 9.90 Å². The average Bonchev–Trinajstić information content (AvgIpc) is 2.91. The van der Waals surface area contributed by atoms with Crippen molar-refractivity contribution in [3.8, 4) is 0 Å². The summed E-state index contributed by atoms with van der Waals surface area (Å²) in [4.78, 5) is 14.6. The van der Waals surface area contributed by atoms with Crippen LogP contribution in [0.3, 0.4) is 0 Å². The molecule has 0 radical (unpaired) electrons. The molecule has 3 rings (SSSR count). The minimum absolute atomic E-state index is 0.0463. The van der Waals surface area contributed by atoms with E-state index in [0.717, 1.165) is 31.5 Å². The standard InChI is InChI=1S/C17H27N3O3/c1-3-8-20-12-14(13(2)18-20)16(22)19-9-6-17(7-10-19)15(21)5-4-11-23-17/h12,15,21H,3-11H2,1-2H3. The second-order valence-corrected chi connectivity index (χ2v) is 6.75. The lowest BCUT2D eigenvalue weighted by atomic mass is 9.82. The quantitative estimate of drug-likeness (QED) is 0.921. The fourth-order valence-corrected chi connectivity index (χ4v) is 3.72. The van der Waals surface area contributed by atoms with E-state index in [1.807, 2.05) is 22.7 Å². The van der Waals surface area contributed by atoms with Crippen molar-refractivity contribution in [3.63, 3.8) is 0 Å². The number of rotatable bonds is 3. The zero-order chi connectivity index (χ0) is 16.4. The van der Waals surface area contributed by atoms with Crippen LogP contribution in [-0.4, -0.2) is 57.1 Å². The Morgan fingerprint density at radius 3 is 2.87 bits per heavy atom. The van der Waals surface area contributed by atoms with Crippen molar-refractivity contribution in [2.24, 2.45) is 0 Å². The molecule has 0 saturated carbocycles. The first kappa shape index (κ1) is 16.5. The van der Waals surface area contributed by atoms with Crippen LogP contribution in [0.2, 0.25) is 0 Å². The van der Waals surface area contributed by atoms with Crippen LogP contribution in [0.1, 0.15) is 55.1 Å². The molecule has 1 amide bonds. The molecule has 0 aromatic carbocycles. The first-order valence-electron chi connectivity index (χ1n) is 8.71.